The van der Waals surface area contributed by atoms with Crippen LogP contribution in [0, 0.1) is 10.1 Å². The number of nitro groups is 1. The number of rotatable bonds is 10. The zero-order valence-corrected chi connectivity index (χ0v) is 21.1. The molecule has 3 heterocycles. The molecule has 0 bridgehead atoms. The van der Waals surface area contributed by atoms with E-state index in [9.17, 15) is 10.1 Å². The highest BCUT2D eigenvalue weighted by Crippen LogP contribution is 2.35. The number of aromatic nitrogens is 3. The molecule has 4 aromatic rings. The van der Waals surface area contributed by atoms with E-state index in [2.05, 4.69) is 25.2 Å². The lowest BCUT2D eigenvalue weighted by atomic mass is 10.2. The van der Waals surface area contributed by atoms with Crippen LogP contribution >= 0.6 is 11.6 Å². The average Bonchev–Trinajstić information content (AvgIpc) is 2.93. The lowest BCUT2D eigenvalue weighted by Crippen LogP contribution is -2.38. The minimum absolute atomic E-state index is 0.159. The monoisotopic (exact) mass is 536 g/mol. The smallest absolute Gasteiger partial charge is 0.311 e. The van der Waals surface area contributed by atoms with E-state index in [0.717, 1.165) is 18.8 Å². The molecule has 5 rings (SSSR count). The number of anilines is 2. The molecule has 12 heteroatoms. The summed E-state index contributed by atoms with van der Waals surface area (Å²) in [4.78, 5) is 26.4. The second-order valence-electron chi connectivity index (χ2n) is 8.50. The van der Waals surface area contributed by atoms with Crippen molar-refractivity contribution in [3.8, 4) is 11.5 Å². The number of nitrogens with one attached hydrogen (secondary N) is 1. The molecule has 1 saturated heterocycles. The Labute approximate surface area is 223 Å². The molecule has 38 heavy (non-hydrogen) atoms. The number of ether oxygens (including phenoxy) is 3. The molecule has 0 unspecified atom stereocenters. The maximum atomic E-state index is 11.8. The topological polar surface area (TPSA) is 125 Å². The number of benzene rings is 2. The first-order chi connectivity index (χ1) is 18.6. The zero-order valence-electron chi connectivity index (χ0n) is 20.4. The van der Waals surface area contributed by atoms with Crippen LogP contribution in [0.4, 0.5) is 17.2 Å². The van der Waals surface area contributed by atoms with Gasteiger partial charge in [-0.2, -0.15) is 0 Å². The summed E-state index contributed by atoms with van der Waals surface area (Å²) in [5.41, 5.74) is 1.77. The van der Waals surface area contributed by atoms with Gasteiger partial charge in [0, 0.05) is 43.7 Å². The van der Waals surface area contributed by atoms with Crippen LogP contribution in [-0.4, -0.2) is 64.2 Å². The SMILES string of the molecule is O=[N+]([O-])c1cc2c(Nc3ccc(OCc4ccccn4)c(Cl)c3)ncnc2cc1OCCN1CCOCC1. The predicted molar refractivity (Wildman–Crippen MR) is 142 cm³/mol. The van der Waals surface area contributed by atoms with Crippen LogP contribution in [0.15, 0.2) is 61.1 Å². The molecule has 0 amide bonds. The summed E-state index contributed by atoms with van der Waals surface area (Å²) in [6, 6.07) is 13.8. The first kappa shape index (κ1) is 25.6. The van der Waals surface area contributed by atoms with Crippen LogP contribution in [0.1, 0.15) is 5.69 Å². The van der Waals surface area contributed by atoms with Gasteiger partial charge in [-0.15, -0.1) is 0 Å². The highest BCUT2D eigenvalue weighted by atomic mass is 35.5. The summed E-state index contributed by atoms with van der Waals surface area (Å²) >= 11 is 6.44. The Balaban J connectivity index is 1.32. The van der Waals surface area contributed by atoms with Gasteiger partial charge in [0.05, 0.1) is 39.8 Å². The van der Waals surface area contributed by atoms with Crippen molar-refractivity contribution in [1.82, 2.24) is 19.9 Å². The van der Waals surface area contributed by atoms with E-state index in [0.29, 0.717) is 59.5 Å². The summed E-state index contributed by atoms with van der Waals surface area (Å²) in [5, 5.41) is 15.9. The van der Waals surface area contributed by atoms with Crippen molar-refractivity contribution in [2.75, 3.05) is 44.8 Å². The zero-order chi connectivity index (χ0) is 26.3. The maximum Gasteiger partial charge on any atom is 0.311 e. The minimum Gasteiger partial charge on any atom is -0.486 e. The first-order valence-electron chi connectivity index (χ1n) is 12.0. The molecule has 1 N–H and O–H groups in total. The van der Waals surface area contributed by atoms with Crippen molar-refractivity contribution in [3.05, 3.63) is 81.9 Å². The Morgan fingerprint density at radius 3 is 2.68 bits per heavy atom. The molecule has 2 aromatic carbocycles. The highest BCUT2D eigenvalue weighted by Gasteiger charge is 2.20. The van der Waals surface area contributed by atoms with Gasteiger partial charge < -0.3 is 19.5 Å². The fourth-order valence-corrected chi connectivity index (χ4v) is 4.24. The first-order valence-corrected chi connectivity index (χ1v) is 12.4. The van der Waals surface area contributed by atoms with E-state index in [1.807, 2.05) is 18.2 Å². The van der Waals surface area contributed by atoms with Gasteiger partial charge in [0.1, 0.15) is 31.1 Å². The Morgan fingerprint density at radius 2 is 1.92 bits per heavy atom. The van der Waals surface area contributed by atoms with Crippen molar-refractivity contribution in [2.45, 2.75) is 6.61 Å². The Hall–Kier alpha value is -4.06. The fraction of sp³-hybridized carbons (Fsp3) is 0.269. The molecule has 0 saturated carbocycles. The molecule has 0 atom stereocenters. The van der Waals surface area contributed by atoms with E-state index in [1.54, 1.807) is 30.5 Å². The summed E-state index contributed by atoms with van der Waals surface area (Å²) < 4.78 is 16.9. The summed E-state index contributed by atoms with van der Waals surface area (Å²) in [5.74, 6) is 1.07. The van der Waals surface area contributed by atoms with Crippen LogP contribution in [0.3, 0.4) is 0 Å². The largest absolute Gasteiger partial charge is 0.486 e. The normalized spacial score (nSPS) is 13.8. The van der Waals surface area contributed by atoms with Crippen LogP contribution in [0.2, 0.25) is 5.02 Å². The molecule has 1 aliphatic heterocycles. The van der Waals surface area contributed by atoms with Gasteiger partial charge in [0.25, 0.3) is 0 Å². The van der Waals surface area contributed by atoms with Crippen molar-refractivity contribution < 1.29 is 19.1 Å². The van der Waals surface area contributed by atoms with Gasteiger partial charge in [0.15, 0.2) is 5.75 Å². The number of morpholine rings is 1. The summed E-state index contributed by atoms with van der Waals surface area (Å²) in [7, 11) is 0. The maximum absolute atomic E-state index is 11.8. The quantitative estimate of drug-likeness (QED) is 0.227. The van der Waals surface area contributed by atoms with E-state index >= 15 is 0 Å². The van der Waals surface area contributed by atoms with Gasteiger partial charge in [0.2, 0.25) is 0 Å². The number of fused-ring (bicyclic) bond motifs is 1. The predicted octanol–water partition coefficient (Wildman–Crippen LogP) is 4.62. The Morgan fingerprint density at radius 1 is 1.05 bits per heavy atom. The van der Waals surface area contributed by atoms with Crippen LogP contribution in [0.25, 0.3) is 10.9 Å². The van der Waals surface area contributed by atoms with E-state index in [4.69, 9.17) is 25.8 Å². The van der Waals surface area contributed by atoms with Gasteiger partial charge in [-0.05, 0) is 30.3 Å². The average molecular weight is 537 g/mol. The molecule has 196 valence electrons. The molecule has 0 spiro atoms. The van der Waals surface area contributed by atoms with E-state index < -0.39 is 4.92 Å². The van der Waals surface area contributed by atoms with Gasteiger partial charge in [-0.1, -0.05) is 17.7 Å². The summed E-state index contributed by atoms with van der Waals surface area (Å²) in [6.45, 7) is 4.22. The molecule has 1 fully saturated rings. The van der Waals surface area contributed by atoms with Gasteiger partial charge >= 0.3 is 5.69 Å². The number of nitrogens with zero attached hydrogens (tertiary/aromatic N) is 5. The Kier molecular flexibility index (Phi) is 8.07. The van der Waals surface area contributed by atoms with Gasteiger partial charge in [-0.25, -0.2) is 9.97 Å². The second kappa shape index (κ2) is 12.0. The molecular formula is C26H25ClN6O5. The van der Waals surface area contributed by atoms with E-state index in [1.165, 1.54) is 12.4 Å². The van der Waals surface area contributed by atoms with Crippen molar-refractivity contribution in [2.24, 2.45) is 0 Å². The molecular weight excluding hydrogens is 512 g/mol. The lowest BCUT2D eigenvalue weighted by molar-refractivity contribution is -0.385. The molecule has 0 aliphatic carbocycles. The number of hydrogen-bond acceptors (Lipinski definition) is 10. The van der Waals surface area contributed by atoms with Crippen molar-refractivity contribution in [1.29, 1.82) is 0 Å². The van der Waals surface area contributed by atoms with Crippen molar-refractivity contribution >= 4 is 39.7 Å². The fourth-order valence-electron chi connectivity index (χ4n) is 4.01. The molecule has 11 nitrogen and oxygen atoms in total. The second-order valence-corrected chi connectivity index (χ2v) is 8.91. The Bertz CT molecular complexity index is 1420. The number of nitro benzene ring substituents is 1. The van der Waals surface area contributed by atoms with Crippen LogP contribution in [0.5, 0.6) is 11.5 Å². The summed E-state index contributed by atoms with van der Waals surface area (Å²) in [6.07, 6.45) is 3.09. The lowest BCUT2D eigenvalue weighted by Gasteiger charge is -2.26. The third-order valence-corrected chi connectivity index (χ3v) is 6.27. The number of pyridine rings is 1. The third-order valence-electron chi connectivity index (χ3n) is 5.98. The number of halogens is 1. The number of hydrogen-bond donors (Lipinski definition) is 1. The molecule has 1 aliphatic rings. The molecule has 0 radical (unpaired) electrons. The third kappa shape index (κ3) is 6.25. The van der Waals surface area contributed by atoms with Crippen LogP contribution < -0.4 is 14.8 Å². The minimum atomic E-state index is -0.467. The van der Waals surface area contributed by atoms with E-state index in [-0.39, 0.29) is 18.0 Å². The van der Waals surface area contributed by atoms with Gasteiger partial charge in [-0.3, -0.25) is 20.0 Å². The highest BCUT2D eigenvalue weighted by molar-refractivity contribution is 6.32. The van der Waals surface area contributed by atoms with Crippen LogP contribution in [-0.2, 0) is 11.3 Å². The standard InChI is InChI=1S/C26H25ClN6O5/c27-21-13-18(4-5-24(21)38-16-19-3-1-2-6-28-19)31-26-20-14-23(33(34)35)25(15-22(20)29-17-30-26)37-12-9-32-7-10-36-11-8-32/h1-6,13-15,17H,7-12,16H2,(H,29,30,31). The molecule has 2 aromatic heterocycles. The van der Waals surface area contributed by atoms with Crippen molar-refractivity contribution in [3.63, 3.8) is 0 Å².